The highest BCUT2D eigenvalue weighted by atomic mass is 19.2. The van der Waals surface area contributed by atoms with Gasteiger partial charge in [0.25, 0.3) is 11.8 Å². The van der Waals surface area contributed by atoms with Crippen molar-refractivity contribution in [2.75, 3.05) is 19.8 Å². The quantitative estimate of drug-likeness (QED) is 0.829. The Bertz CT molecular complexity index is 586. The van der Waals surface area contributed by atoms with Gasteiger partial charge in [-0.2, -0.15) is 0 Å². The summed E-state index contributed by atoms with van der Waals surface area (Å²) in [7, 11) is 0. The average Bonchev–Trinajstić information content (AvgIpc) is 2.72. The second-order valence-electron chi connectivity index (χ2n) is 5.30. The largest absolute Gasteiger partial charge is 0.381 e. The molecular formula is C14H14F2N2O3. The number of carbonyl (C=O) groups excluding carboxylic acids is 2. The second-order valence-corrected chi connectivity index (χ2v) is 5.30. The Labute approximate surface area is 119 Å². The predicted molar refractivity (Wildman–Crippen MR) is 68.7 cm³/mol. The molecule has 21 heavy (non-hydrogen) atoms. The zero-order chi connectivity index (χ0) is 15.2. The Morgan fingerprint density at radius 2 is 1.57 bits per heavy atom. The van der Waals surface area contributed by atoms with Crippen LogP contribution in [0.2, 0.25) is 0 Å². The summed E-state index contributed by atoms with van der Waals surface area (Å²) in [6.45, 7) is 0.855. The van der Waals surface area contributed by atoms with Gasteiger partial charge >= 0.3 is 0 Å². The van der Waals surface area contributed by atoms with E-state index in [2.05, 4.69) is 0 Å². The standard InChI is InChI=1S/C14H14F2N2O3/c15-10-5-8-9(6-11(10)16)13(20)18(12(8)19)14(7-17)1-3-21-4-2-14/h5-6H,1-4,7,17H2. The molecule has 3 rings (SSSR count). The lowest BCUT2D eigenvalue weighted by atomic mass is 9.88. The highest BCUT2D eigenvalue weighted by Gasteiger charge is 2.49. The van der Waals surface area contributed by atoms with Gasteiger partial charge < -0.3 is 10.5 Å². The van der Waals surface area contributed by atoms with Crippen molar-refractivity contribution in [2.45, 2.75) is 18.4 Å². The van der Waals surface area contributed by atoms with Crippen molar-refractivity contribution in [1.82, 2.24) is 4.90 Å². The van der Waals surface area contributed by atoms with E-state index in [1.807, 2.05) is 0 Å². The molecule has 0 spiro atoms. The van der Waals surface area contributed by atoms with Crippen molar-refractivity contribution in [1.29, 1.82) is 0 Å². The summed E-state index contributed by atoms with van der Waals surface area (Å²) in [5, 5.41) is 0. The van der Waals surface area contributed by atoms with Gasteiger partial charge in [0, 0.05) is 19.8 Å². The van der Waals surface area contributed by atoms with Crippen LogP contribution in [-0.4, -0.2) is 42.0 Å². The van der Waals surface area contributed by atoms with Gasteiger partial charge in [0.2, 0.25) is 0 Å². The maximum Gasteiger partial charge on any atom is 0.262 e. The molecule has 2 N–H and O–H groups in total. The second kappa shape index (κ2) is 4.85. The normalized spacial score (nSPS) is 20.8. The van der Waals surface area contributed by atoms with Gasteiger partial charge in [-0.15, -0.1) is 0 Å². The molecule has 0 saturated carbocycles. The van der Waals surface area contributed by atoms with E-state index in [0.29, 0.717) is 26.1 Å². The molecule has 2 aliphatic heterocycles. The molecule has 0 radical (unpaired) electrons. The molecule has 2 heterocycles. The Balaban J connectivity index is 2.07. The van der Waals surface area contributed by atoms with E-state index in [9.17, 15) is 18.4 Å². The lowest BCUT2D eigenvalue weighted by Crippen LogP contribution is -2.59. The van der Waals surface area contributed by atoms with Crippen molar-refractivity contribution >= 4 is 11.8 Å². The molecule has 2 aliphatic rings. The number of nitrogens with two attached hydrogens (primary N) is 1. The van der Waals surface area contributed by atoms with Crippen LogP contribution in [0.15, 0.2) is 12.1 Å². The van der Waals surface area contributed by atoms with E-state index < -0.39 is 29.0 Å². The van der Waals surface area contributed by atoms with Gasteiger partial charge in [-0.1, -0.05) is 0 Å². The highest BCUT2D eigenvalue weighted by molar-refractivity contribution is 6.21. The van der Waals surface area contributed by atoms with Crippen LogP contribution < -0.4 is 5.73 Å². The van der Waals surface area contributed by atoms with Crippen molar-refractivity contribution in [3.8, 4) is 0 Å². The van der Waals surface area contributed by atoms with Crippen LogP contribution in [0.1, 0.15) is 33.6 Å². The number of imide groups is 1. The fraction of sp³-hybridized carbons (Fsp3) is 0.429. The third-order valence-corrected chi connectivity index (χ3v) is 4.21. The lowest BCUT2D eigenvalue weighted by Gasteiger charge is -2.42. The van der Waals surface area contributed by atoms with E-state index in [4.69, 9.17) is 10.5 Å². The Hall–Kier alpha value is -1.86. The summed E-state index contributed by atoms with van der Waals surface area (Å²) < 4.78 is 31.9. The number of amides is 2. The van der Waals surface area contributed by atoms with Gasteiger partial charge in [0.1, 0.15) is 0 Å². The molecule has 5 nitrogen and oxygen atoms in total. The summed E-state index contributed by atoms with van der Waals surface area (Å²) in [6.07, 6.45) is 0.833. The number of nitrogens with zero attached hydrogens (tertiary/aromatic N) is 1. The van der Waals surface area contributed by atoms with Crippen LogP contribution in [-0.2, 0) is 4.74 Å². The molecule has 0 atom stereocenters. The first-order chi connectivity index (χ1) is 10.00. The fourth-order valence-electron chi connectivity index (χ4n) is 2.94. The molecule has 7 heteroatoms. The highest BCUT2D eigenvalue weighted by Crippen LogP contribution is 2.35. The third kappa shape index (κ3) is 1.96. The predicted octanol–water partition coefficient (Wildman–Crippen LogP) is 1.07. The number of fused-ring (bicyclic) bond motifs is 1. The first-order valence-electron chi connectivity index (χ1n) is 6.66. The van der Waals surface area contributed by atoms with Crippen molar-refractivity contribution < 1.29 is 23.1 Å². The number of hydrogen-bond donors (Lipinski definition) is 1. The number of halogens is 2. The fourth-order valence-corrected chi connectivity index (χ4v) is 2.94. The lowest BCUT2D eigenvalue weighted by molar-refractivity contribution is -0.00775. The first-order valence-corrected chi connectivity index (χ1v) is 6.66. The smallest absolute Gasteiger partial charge is 0.262 e. The van der Waals surface area contributed by atoms with Crippen LogP contribution in [0.25, 0.3) is 0 Å². The first kappa shape index (κ1) is 14.1. The van der Waals surface area contributed by atoms with Crippen LogP contribution in [0.5, 0.6) is 0 Å². The van der Waals surface area contributed by atoms with E-state index in [1.165, 1.54) is 0 Å². The molecule has 1 saturated heterocycles. The number of carbonyl (C=O) groups is 2. The summed E-state index contributed by atoms with van der Waals surface area (Å²) >= 11 is 0. The molecule has 0 bridgehead atoms. The summed E-state index contributed by atoms with van der Waals surface area (Å²) in [4.78, 5) is 26.0. The van der Waals surface area contributed by atoms with Crippen molar-refractivity contribution in [3.63, 3.8) is 0 Å². The molecule has 0 aliphatic carbocycles. The van der Waals surface area contributed by atoms with E-state index in [0.717, 1.165) is 17.0 Å². The molecule has 2 amide bonds. The minimum atomic E-state index is -1.15. The summed E-state index contributed by atoms with van der Waals surface area (Å²) in [5.74, 6) is -3.54. The SMILES string of the molecule is NCC1(N2C(=O)c3cc(F)c(F)cc3C2=O)CCOCC1. The maximum absolute atomic E-state index is 13.3. The van der Waals surface area contributed by atoms with E-state index in [1.54, 1.807) is 0 Å². The number of ether oxygens (including phenoxy) is 1. The number of benzene rings is 1. The molecular weight excluding hydrogens is 282 g/mol. The topological polar surface area (TPSA) is 72.6 Å². The summed E-state index contributed by atoms with van der Waals surface area (Å²) in [6, 6.07) is 1.54. The van der Waals surface area contributed by atoms with Gasteiger partial charge in [-0.3, -0.25) is 14.5 Å². The molecule has 0 aromatic heterocycles. The molecule has 1 aromatic carbocycles. The van der Waals surface area contributed by atoms with E-state index >= 15 is 0 Å². The monoisotopic (exact) mass is 296 g/mol. The molecule has 0 unspecified atom stereocenters. The number of rotatable bonds is 2. The maximum atomic E-state index is 13.3. The Morgan fingerprint density at radius 1 is 1.10 bits per heavy atom. The van der Waals surface area contributed by atoms with Crippen LogP contribution in [0.4, 0.5) is 8.78 Å². The minimum Gasteiger partial charge on any atom is -0.381 e. The Morgan fingerprint density at radius 3 is 2.00 bits per heavy atom. The van der Waals surface area contributed by atoms with Crippen molar-refractivity contribution in [3.05, 3.63) is 34.9 Å². The molecule has 112 valence electrons. The van der Waals surface area contributed by atoms with E-state index in [-0.39, 0.29) is 17.7 Å². The van der Waals surface area contributed by atoms with Crippen LogP contribution in [0.3, 0.4) is 0 Å². The van der Waals surface area contributed by atoms with Gasteiger partial charge in [0.15, 0.2) is 11.6 Å². The molecule has 1 fully saturated rings. The van der Waals surface area contributed by atoms with Gasteiger partial charge in [-0.25, -0.2) is 8.78 Å². The zero-order valence-electron chi connectivity index (χ0n) is 11.2. The van der Waals surface area contributed by atoms with Gasteiger partial charge in [-0.05, 0) is 25.0 Å². The number of hydrogen-bond acceptors (Lipinski definition) is 4. The van der Waals surface area contributed by atoms with Crippen molar-refractivity contribution in [2.24, 2.45) is 5.73 Å². The van der Waals surface area contributed by atoms with Crippen LogP contribution in [0, 0.1) is 11.6 Å². The van der Waals surface area contributed by atoms with Gasteiger partial charge in [0.05, 0.1) is 16.7 Å². The Kier molecular flexibility index (Phi) is 3.26. The molecule has 1 aromatic rings. The zero-order valence-corrected chi connectivity index (χ0v) is 11.2. The third-order valence-electron chi connectivity index (χ3n) is 4.21. The minimum absolute atomic E-state index is 0.0901. The summed E-state index contributed by atoms with van der Waals surface area (Å²) in [5.41, 5.74) is 4.71. The van der Waals surface area contributed by atoms with Crippen LogP contribution >= 0.6 is 0 Å². The average molecular weight is 296 g/mol.